The zero-order valence-electron chi connectivity index (χ0n) is 12.3. The van der Waals surface area contributed by atoms with Gasteiger partial charge in [0.2, 0.25) is 5.91 Å². The monoisotopic (exact) mass is 311 g/mol. The summed E-state index contributed by atoms with van der Waals surface area (Å²) in [4.78, 5) is 32.9. The van der Waals surface area contributed by atoms with Gasteiger partial charge in [-0.05, 0) is 13.0 Å². The predicted molar refractivity (Wildman–Crippen MR) is 76.8 cm³/mol. The Bertz CT molecular complexity index is 561. The highest BCUT2D eigenvalue weighted by molar-refractivity contribution is 5.85. The van der Waals surface area contributed by atoms with Gasteiger partial charge in [0.05, 0.1) is 24.6 Å². The van der Waals surface area contributed by atoms with Crippen LogP contribution in [0.25, 0.3) is 0 Å². The number of carbonyl (C=O) groups is 2. The van der Waals surface area contributed by atoms with Crippen molar-refractivity contribution in [3.8, 4) is 11.5 Å². The van der Waals surface area contributed by atoms with Gasteiger partial charge >= 0.3 is 0 Å². The summed E-state index contributed by atoms with van der Waals surface area (Å²) >= 11 is 0. The molecule has 1 aromatic rings. The van der Waals surface area contributed by atoms with Gasteiger partial charge in [-0.1, -0.05) is 0 Å². The number of nitro groups is 1. The number of amides is 2. The molecule has 2 N–H and O–H groups in total. The van der Waals surface area contributed by atoms with Crippen LogP contribution in [0.4, 0.5) is 5.69 Å². The SMILES string of the molecule is CCNC(=O)CNC(=O)COc1cc([N+](=O)[O-])ccc1OC. The Morgan fingerprint density at radius 1 is 1.23 bits per heavy atom. The molecular formula is C13H17N3O6. The van der Waals surface area contributed by atoms with Crippen molar-refractivity contribution in [1.29, 1.82) is 0 Å². The van der Waals surface area contributed by atoms with E-state index in [1.165, 1.54) is 19.2 Å². The second-order valence-corrected chi connectivity index (χ2v) is 4.11. The summed E-state index contributed by atoms with van der Waals surface area (Å²) in [5, 5.41) is 15.6. The van der Waals surface area contributed by atoms with Gasteiger partial charge in [-0.25, -0.2) is 0 Å². The Labute approximate surface area is 126 Å². The van der Waals surface area contributed by atoms with Gasteiger partial charge in [-0.3, -0.25) is 19.7 Å². The highest BCUT2D eigenvalue weighted by atomic mass is 16.6. The smallest absolute Gasteiger partial charge is 0.273 e. The third-order valence-corrected chi connectivity index (χ3v) is 2.54. The Kier molecular flexibility index (Phi) is 6.61. The van der Waals surface area contributed by atoms with Crippen LogP contribution in [0.15, 0.2) is 18.2 Å². The topological polar surface area (TPSA) is 120 Å². The van der Waals surface area contributed by atoms with Crippen molar-refractivity contribution < 1.29 is 24.0 Å². The summed E-state index contributed by atoms with van der Waals surface area (Å²) < 4.78 is 10.2. The predicted octanol–water partition coefficient (Wildman–Crippen LogP) is 0.235. The lowest BCUT2D eigenvalue weighted by atomic mass is 10.3. The first-order valence-electron chi connectivity index (χ1n) is 6.46. The molecular weight excluding hydrogens is 294 g/mol. The molecule has 0 aliphatic rings. The van der Waals surface area contributed by atoms with Gasteiger partial charge in [0.15, 0.2) is 18.1 Å². The van der Waals surface area contributed by atoms with Crippen LogP contribution in [0.3, 0.4) is 0 Å². The molecule has 120 valence electrons. The van der Waals surface area contributed by atoms with Crippen molar-refractivity contribution in [2.45, 2.75) is 6.92 Å². The number of ether oxygens (including phenoxy) is 2. The van der Waals surface area contributed by atoms with Gasteiger partial charge in [-0.2, -0.15) is 0 Å². The number of methoxy groups -OCH3 is 1. The third-order valence-electron chi connectivity index (χ3n) is 2.54. The molecule has 0 saturated carbocycles. The summed E-state index contributed by atoms with van der Waals surface area (Å²) in [6.07, 6.45) is 0. The molecule has 1 rings (SSSR count). The van der Waals surface area contributed by atoms with E-state index in [4.69, 9.17) is 9.47 Å². The normalized spacial score (nSPS) is 9.73. The molecule has 0 bridgehead atoms. The standard InChI is InChI=1S/C13H17N3O6/c1-3-14-12(17)7-15-13(18)8-22-11-6-9(16(19)20)4-5-10(11)21-2/h4-6H,3,7-8H2,1-2H3,(H,14,17)(H,15,18). The van der Waals surface area contributed by atoms with Gasteiger partial charge < -0.3 is 20.1 Å². The van der Waals surface area contributed by atoms with Crippen LogP contribution in [0.2, 0.25) is 0 Å². The van der Waals surface area contributed by atoms with Gasteiger partial charge in [0, 0.05) is 12.6 Å². The van der Waals surface area contributed by atoms with E-state index in [1.54, 1.807) is 6.92 Å². The number of nitro benzene ring substituents is 1. The van der Waals surface area contributed by atoms with Crippen LogP contribution in [0.5, 0.6) is 11.5 Å². The molecule has 0 atom stereocenters. The molecule has 9 heteroatoms. The van der Waals surface area contributed by atoms with Gasteiger partial charge in [0.25, 0.3) is 11.6 Å². The average Bonchev–Trinajstić information content (AvgIpc) is 2.50. The van der Waals surface area contributed by atoms with Crippen molar-refractivity contribution in [3.05, 3.63) is 28.3 Å². The first-order valence-corrected chi connectivity index (χ1v) is 6.46. The Balaban J connectivity index is 2.59. The number of rotatable bonds is 8. The van der Waals surface area contributed by atoms with Gasteiger partial charge in [0.1, 0.15) is 0 Å². The summed E-state index contributed by atoms with van der Waals surface area (Å²) in [5.41, 5.74) is -0.182. The van der Waals surface area contributed by atoms with E-state index in [0.29, 0.717) is 6.54 Å². The maximum Gasteiger partial charge on any atom is 0.273 e. The molecule has 0 unspecified atom stereocenters. The number of nitrogens with zero attached hydrogens (tertiary/aromatic N) is 1. The van der Waals surface area contributed by atoms with Crippen molar-refractivity contribution in [3.63, 3.8) is 0 Å². The maximum atomic E-state index is 11.6. The minimum Gasteiger partial charge on any atom is -0.493 e. The fourth-order valence-electron chi connectivity index (χ4n) is 1.52. The molecule has 0 saturated heterocycles. The Hall–Kier alpha value is -2.84. The zero-order valence-corrected chi connectivity index (χ0v) is 12.3. The Morgan fingerprint density at radius 3 is 2.55 bits per heavy atom. The van der Waals surface area contributed by atoms with Crippen LogP contribution in [-0.4, -0.2) is 43.5 Å². The lowest BCUT2D eigenvalue weighted by molar-refractivity contribution is -0.385. The van der Waals surface area contributed by atoms with Crippen molar-refractivity contribution in [2.24, 2.45) is 0 Å². The van der Waals surface area contributed by atoms with E-state index in [1.807, 2.05) is 0 Å². The fraction of sp³-hybridized carbons (Fsp3) is 0.385. The van der Waals surface area contributed by atoms with Crippen LogP contribution in [0.1, 0.15) is 6.92 Å². The molecule has 1 aromatic carbocycles. The zero-order chi connectivity index (χ0) is 16.5. The number of carbonyl (C=O) groups excluding carboxylic acids is 2. The van der Waals surface area contributed by atoms with Crippen molar-refractivity contribution >= 4 is 17.5 Å². The highest BCUT2D eigenvalue weighted by Gasteiger charge is 2.14. The van der Waals surface area contributed by atoms with E-state index in [2.05, 4.69) is 10.6 Å². The average molecular weight is 311 g/mol. The van der Waals surface area contributed by atoms with E-state index < -0.39 is 17.4 Å². The molecule has 9 nitrogen and oxygen atoms in total. The lowest BCUT2D eigenvalue weighted by Crippen LogP contribution is -2.38. The molecule has 0 aliphatic heterocycles. The summed E-state index contributed by atoms with van der Waals surface area (Å²) in [6.45, 7) is 1.67. The fourth-order valence-corrected chi connectivity index (χ4v) is 1.52. The number of nitrogens with one attached hydrogen (secondary N) is 2. The molecule has 0 heterocycles. The maximum absolute atomic E-state index is 11.6. The van der Waals surface area contributed by atoms with Crippen molar-refractivity contribution in [1.82, 2.24) is 10.6 Å². The molecule has 0 fully saturated rings. The number of benzene rings is 1. The minimum absolute atomic E-state index is 0.0739. The molecule has 22 heavy (non-hydrogen) atoms. The van der Waals surface area contributed by atoms with E-state index in [9.17, 15) is 19.7 Å². The molecule has 0 aromatic heterocycles. The molecule has 2 amide bonds. The molecule has 0 aliphatic carbocycles. The second kappa shape index (κ2) is 8.45. The second-order valence-electron chi connectivity index (χ2n) is 4.11. The first-order chi connectivity index (χ1) is 10.5. The van der Waals surface area contributed by atoms with Crippen molar-refractivity contribution in [2.75, 3.05) is 26.8 Å². The lowest BCUT2D eigenvalue weighted by Gasteiger charge is -2.10. The molecule has 0 radical (unpaired) electrons. The van der Waals surface area contributed by atoms with E-state index in [-0.39, 0.29) is 29.6 Å². The summed E-state index contributed by atoms with van der Waals surface area (Å²) in [7, 11) is 1.38. The van der Waals surface area contributed by atoms with Crippen LogP contribution in [-0.2, 0) is 9.59 Å². The largest absolute Gasteiger partial charge is 0.493 e. The number of likely N-dealkylation sites (N-methyl/N-ethyl adjacent to an activating group) is 1. The Morgan fingerprint density at radius 2 is 1.95 bits per heavy atom. The van der Waals surface area contributed by atoms with Crippen LogP contribution >= 0.6 is 0 Å². The summed E-state index contributed by atoms with van der Waals surface area (Å²) in [5.74, 6) is -0.504. The van der Waals surface area contributed by atoms with Crippen LogP contribution in [0, 0.1) is 10.1 Å². The summed E-state index contributed by atoms with van der Waals surface area (Å²) in [6, 6.07) is 3.80. The molecule has 0 spiro atoms. The van der Waals surface area contributed by atoms with Gasteiger partial charge in [-0.15, -0.1) is 0 Å². The number of hydrogen-bond acceptors (Lipinski definition) is 6. The van der Waals surface area contributed by atoms with E-state index in [0.717, 1.165) is 6.07 Å². The quantitative estimate of drug-likeness (QED) is 0.524. The first kappa shape index (κ1) is 17.2. The highest BCUT2D eigenvalue weighted by Crippen LogP contribution is 2.30. The van der Waals surface area contributed by atoms with E-state index >= 15 is 0 Å². The third kappa shape index (κ3) is 5.27. The van der Waals surface area contributed by atoms with Crippen LogP contribution < -0.4 is 20.1 Å². The number of non-ortho nitro benzene ring substituents is 1. The minimum atomic E-state index is -0.582. The number of hydrogen-bond donors (Lipinski definition) is 2.